The maximum absolute atomic E-state index is 13.0. The number of fused-ring (bicyclic) bond motifs is 2. The van der Waals surface area contributed by atoms with E-state index in [2.05, 4.69) is 0 Å². The first-order chi connectivity index (χ1) is 14.8. The summed E-state index contributed by atoms with van der Waals surface area (Å²) in [5.41, 5.74) is -0.999. The van der Waals surface area contributed by atoms with Crippen LogP contribution in [0.25, 0.3) is 21.9 Å². The third-order valence-corrected chi connectivity index (χ3v) is 5.16. The zero-order valence-electron chi connectivity index (χ0n) is 16.1. The van der Waals surface area contributed by atoms with Crippen molar-refractivity contribution in [1.82, 2.24) is 0 Å². The number of rotatable bonds is 4. The average molecular weight is 436 g/mol. The van der Waals surface area contributed by atoms with Gasteiger partial charge < -0.3 is 49.3 Å². The number of ether oxygens (including phenoxy) is 3. The lowest BCUT2D eigenvalue weighted by Gasteiger charge is -2.39. The van der Waals surface area contributed by atoms with Gasteiger partial charge in [-0.05, 0) is 18.2 Å². The van der Waals surface area contributed by atoms with Crippen molar-refractivity contribution in [2.24, 2.45) is 0 Å². The van der Waals surface area contributed by atoms with Crippen LogP contribution in [-0.4, -0.2) is 75.1 Å². The molecule has 2 heterocycles. The second-order valence-corrected chi connectivity index (χ2v) is 7.06. The highest BCUT2D eigenvalue weighted by Crippen LogP contribution is 2.38. The zero-order chi connectivity index (χ0) is 22.4. The Kier molecular flexibility index (Phi) is 5.37. The molecule has 1 saturated heterocycles. The molecule has 0 amide bonds. The number of hydrogen-bond donors (Lipinski definition) is 6. The highest BCUT2D eigenvalue weighted by atomic mass is 16.7. The van der Waals surface area contributed by atoms with E-state index in [4.69, 9.17) is 18.6 Å². The van der Waals surface area contributed by atoms with E-state index in [0.29, 0.717) is 0 Å². The molecule has 1 fully saturated rings. The molecule has 1 aliphatic rings. The lowest BCUT2D eigenvalue weighted by Crippen LogP contribution is -2.60. The fourth-order valence-corrected chi connectivity index (χ4v) is 3.44. The second-order valence-electron chi connectivity index (χ2n) is 7.06. The smallest absolute Gasteiger partial charge is 0.229 e. The van der Waals surface area contributed by atoms with Crippen LogP contribution in [0.15, 0.2) is 33.5 Å². The van der Waals surface area contributed by atoms with Gasteiger partial charge in [0.05, 0.1) is 24.5 Å². The van der Waals surface area contributed by atoms with Gasteiger partial charge >= 0.3 is 0 Å². The van der Waals surface area contributed by atoms with Gasteiger partial charge in [0.2, 0.25) is 17.5 Å². The number of phenols is 2. The first kappa shape index (κ1) is 21.2. The molecule has 11 heteroatoms. The minimum atomic E-state index is -1.70. The van der Waals surface area contributed by atoms with Crippen LogP contribution in [0, 0.1) is 0 Å². The second kappa shape index (κ2) is 7.87. The van der Waals surface area contributed by atoms with Crippen molar-refractivity contribution in [1.29, 1.82) is 0 Å². The van der Waals surface area contributed by atoms with Crippen LogP contribution in [0.5, 0.6) is 23.0 Å². The largest absolute Gasteiger partial charge is 0.504 e. The van der Waals surface area contributed by atoms with Gasteiger partial charge in [-0.25, -0.2) is 0 Å². The standard InChI is InChI=1S/C20H20O11/c1-28-7-4-9-13(23)8-2-3-10(22)14(24)19(8)31-18(9)11(5-7)29-20-17(27)16(26)15(25)12(6-21)30-20/h2-5,12,15-17,20-22,24-27H,6H2,1H3. The molecule has 0 radical (unpaired) electrons. The SMILES string of the molecule is COc1cc(OC2OC(CO)C(O)C(O)C2O)c2oc3c(O)c(O)ccc3c(=O)c2c1. The number of phenolic OH excluding ortho intramolecular Hbond substituents is 2. The molecule has 5 atom stereocenters. The van der Waals surface area contributed by atoms with Gasteiger partial charge in [-0.15, -0.1) is 0 Å². The topological polar surface area (TPSA) is 179 Å². The molecule has 3 aromatic rings. The first-order valence-corrected chi connectivity index (χ1v) is 9.23. The van der Waals surface area contributed by atoms with Crippen LogP contribution in [0.4, 0.5) is 0 Å². The molecule has 1 aliphatic heterocycles. The van der Waals surface area contributed by atoms with Gasteiger partial charge in [0.25, 0.3) is 0 Å². The Labute approximate surface area is 173 Å². The highest BCUT2D eigenvalue weighted by Gasteiger charge is 2.45. The third-order valence-electron chi connectivity index (χ3n) is 5.16. The minimum absolute atomic E-state index is 0.00477. The molecule has 5 unspecified atom stereocenters. The van der Waals surface area contributed by atoms with Crippen LogP contribution in [0.1, 0.15) is 0 Å². The molecule has 2 aromatic carbocycles. The Bertz CT molecular complexity index is 1190. The van der Waals surface area contributed by atoms with Gasteiger partial charge in [-0.1, -0.05) is 0 Å². The van der Waals surface area contributed by atoms with Crippen LogP contribution in [0.3, 0.4) is 0 Å². The van der Waals surface area contributed by atoms with E-state index in [1.807, 2.05) is 0 Å². The van der Waals surface area contributed by atoms with Crippen molar-refractivity contribution < 1.29 is 49.3 Å². The van der Waals surface area contributed by atoms with Crippen LogP contribution in [-0.2, 0) is 4.74 Å². The summed E-state index contributed by atoms with van der Waals surface area (Å²) in [6.07, 6.45) is -7.73. The van der Waals surface area contributed by atoms with Crippen LogP contribution < -0.4 is 14.9 Å². The molecule has 0 bridgehead atoms. The van der Waals surface area contributed by atoms with E-state index in [0.717, 1.165) is 6.07 Å². The average Bonchev–Trinajstić information content (AvgIpc) is 2.77. The van der Waals surface area contributed by atoms with E-state index in [-0.39, 0.29) is 33.4 Å². The lowest BCUT2D eigenvalue weighted by molar-refractivity contribution is -0.277. The number of aliphatic hydroxyl groups is 4. The number of methoxy groups -OCH3 is 1. The van der Waals surface area contributed by atoms with E-state index in [9.17, 15) is 35.4 Å². The third kappa shape index (κ3) is 3.42. The summed E-state index contributed by atoms with van der Waals surface area (Å²) in [5.74, 6) is -1.10. The Balaban J connectivity index is 1.89. The first-order valence-electron chi connectivity index (χ1n) is 9.23. The summed E-state index contributed by atoms with van der Waals surface area (Å²) < 4.78 is 21.8. The van der Waals surface area contributed by atoms with Gasteiger partial charge in [-0.2, -0.15) is 0 Å². The molecule has 0 aliphatic carbocycles. The monoisotopic (exact) mass is 436 g/mol. The molecule has 4 rings (SSSR count). The van der Waals surface area contributed by atoms with Crippen molar-refractivity contribution in [2.75, 3.05) is 13.7 Å². The number of aromatic hydroxyl groups is 2. The zero-order valence-corrected chi connectivity index (χ0v) is 16.1. The van der Waals surface area contributed by atoms with Crippen LogP contribution in [0.2, 0.25) is 0 Å². The fraction of sp³-hybridized carbons (Fsp3) is 0.350. The van der Waals surface area contributed by atoms with E-state index < -0.39 is 54.2 Å². The summed E-state index contributed by atoms with van der Waals surface area (Å²) in [5, 5.41) is 59.4. The van der Waals surface area contributed by atoms with Crippen molar-refractivity contribution in [3.63, 3.8) is 0 Å². The van der Waals surface area contributed by atoms with Crippen molar-refractivity contribution in [3.8, 4) is 23.0 Å². The number of aliphatic hydroxyl groups excluding tert-OH is 4. The predicted molar refractivity (Wildman–Crippen MR) is 104 cm³/mol. The Hall–Kier alpha value is -3.09. The summed E-state index contributed by atoms with van der Waals surface area (Å²) in [4.78, 5) is 13.0. The van der Waals surface area contributed by atoms with E-state index in [1.165, 1.54) is 25.3 Å². The molecule has 11 nitrogen and oxygen atoms in total. The normalized spacial score (nSPS) is 26.3. The van der Waals surface area contributed by atoms with Crippen LogP contribution >= 0.6 is 0 Å². The molecule has 31 heavy (non-hydrogen) atoms. The highest BCUT2D eigenvalue weighted by molar-refractivity contribution is 5.96. The Morgan fingerprint density at radius 1 is 1.00 bits per heavy atom. The molecular weight excluding hydrogens is 416 g/mol. The van der Waals surface area contributed by atoms with Crippen molar-refractivity contribution in [3.05, 3.63) is 34.5 Å². The molecule has 0 saturated carbocycles. The molecule has 166 valence electrons. The van der Waals surface area contributed by atoms with E-state index in [1.54, 1.807) is 0 Å². The Morgan fingerprint density at radius 2 is 1.74 bits per heavy atom. The fourth-order valence-electron chi connectivity index (χ4n) is 3.44. The van der Waals surface area contributed by atoms with Gasteiger partial charge in [0.15, 0.2) is 22.7 Å². The summed E-state index contributed by atoms with van der Waals surface area (Å²) in [6.45, 7) is -0.656. The quantitative estimate of drug-likeness (QED) is 0.230. The van der Waals surface area contributed by atoms with Gasteiger partial charge in [0, 0.05) is 6.07 Å². The lowest BCUT2D eigenvalue weighted by atomic mass is 9.99. The summed E-state index contributed by atoms with van der Waals surface area (Å²) in [6, 6.07) is 5.13. The maximum atomic E-state index is 13.0. The summed E-state index contributed by atoms with van der Waals surface area (Å²) >= 11 is 0. The maximum Gasteiger partial charge on any atom is 0.229 e. The van der Waals surface area contributed by atoms with E-state index >= 15 is 0 Å². The van der Waals surface area contributed by atoms with Gasteiger partial charge in [0.1, 0.15) is 30.2 Å². The van der Waals surface area contributed by atoms with Gasteiger partial charge in [-0.3, -0.25) is 4.79 Å². The summed E-state index contributed by atoms with van der Waals surface area (Å²) in [7, 11) is 1.35. The molecule has 6 N–H and O–H groups in total. The molecule has 1 aromatic heterocycles. The Morgan fingerprint density at radius 3 is 2.42 bits per heavy atom. The van der Waals surface area contributed by atoms with Crippen molar-refractivity contribution in [2.45, 2.75) is 30.7 Å². The molecule has 0 spiro atoms. The number of benzene rings is 2. The minimum Gasteiger partial charge on any atom is -0.504 e. The molecular formula is C20H20O11. The van der Waals surface area contributed by atoms with Crippen molar-refractivity contribution >= 4 is 21.9 Å². The predicted octanol–water partition coefficient (Wildman–Crippen LogP) is -0.455. The number of hydrogen-bond acceptors (Lipinski definition) is 11.